The number of anilines is 1. The Bertz CT molecular complexity index is 1120. The minimum absolute atomic E-state index is 0.172. The van der Waals surface area contributed by atoms with Crippen LogP contribution in [0.3, 0.4) is 0 Å². The monoisotopic (exact) mass is 389 g/mol. The van der Waals surface area contributed by atoms with Crippen LogP contribution in [0, 0.1) is 12.3 Å². The third-order valence-electron chi connectivity index (χ3n) is 6.15. The summed E-state index contributed by atoms with van der Waals surface area (Å²) in [5, 5.41) is 7.41. The van der Waals surface area contributed by atoms with E-state index in [0.717, 1.165) is 24.2 Å². The zero-order valence-corrected chi connectivity index (χ0v) is 16.6. The van der Waals surface area contributed by atoms with Crippen LogP contribution in [0.2, 0.25) is 0 Å². The van der Waals surface area contributed by atoms with Gasteiger partial charge in [-0.1, -0.05) is 12.1 Å². The van der Waals surface area contributed by atoms with E-state index < -0.39 is 0 Å². The van der Waals surface area contributed by atoms with Crippen LogP contribution in [0.25, 0.3) is 0 Å². The van der Waals surface area contributed by atoms with Gasteiger partial charge in [-0.2, -0.15) is 0 Å². The van der Waals surface area contributed by atoms with E-state index in [9.17, 15) is 4.79 Å². The fourth-order valence-corrected chi connectivity index (χ4v) is 4.20. The first-order chi connectivity index (χ1) is 14.0. The van der Waals surface area contributed by atoms with Crippen molar-refractivity contribution in [1.29, 1.82) is 0 Å². The molecule has 7 nitrogen and oxygen atoms in total. The highest BCUT2D eigenvalue weighted by Crippen LogP contribution is 2.85. The van der Waals surface area contributed by atoms with Crippen LogP contribution >= 0.6 is 0 Å². The Labute approximate surface area is 168 Å². The first-order valence-electron chi connectivity index (χ1n) is 9.81. The van der Waals surface area contributed by atoms with Crippen LogP contribution in [0.15, 0.2) is 53.5 Å². The third kappa shape index (κ3) is 3.06. The Morgan fingerprint density at radius 1 is 1.21 bits per heavy atom. The Kier molecular flexibility index (Phi) is 3.94. The molecule has 2 aliphatic rings. The lowest BCUT2D eigenvalue weighted by Crippen LogP contribution is -2.24. The van der Waals surface area contributed by atoms with Crippen molar-refractivity contribution in [2.45, 2.75) is 31.7 Å². The van der Waals surface area contributed by atoms with E-state index in [1.807, 2.05) is 31.2 Å². The van der Waals surface area contributed by atoms with Gasteiger partial charge in [-0.15, -0.1) is 5.10 Å². The van der Waals surface area contributed by atoms with Crippen molar-refractivity contribution in [2.75, 3.05) is 11.9 Å². The van der Waals surface area contributed by atoms with Crippen LogP contribution in [0.5, 0.6) is 5.88 Å². The molecule has 0 unspecified atom stereocenters. The number of nitrogens with zero attached hydrogens (tertiary/aromatic N) is 4. The van der Waals surface area contributed by atoms with Gasteiger partial charge in [-0.3, -0.25) is 14.8 Å². The van der Waals surface area contributed by atoms with Gasteiger partial charge in [0.2, 0.25) is 5.88 Å². The second-order valence-electron chi connectivity index (χ2n) is 8.17. The second kappa shape index (κ2) is 6.40. The number of fused-ring (bicyclic) bond motifs is 1. The smallest absolute Gasteiger partial charge is 0.290 e. The molecule has 0 amide bonds. The van der Waals surface area contributed by atoms with Gasteiger partial charge in [0.15, 0.2) is 0 Å². The molecule has 29 heavy (non-hydrogen) atoms. The van der Waals surface area contributed by atoms with Crippen LogP contribution in [-0.4, -0.2) is 26.4 Å². The van der Waals surface area contributed by atoms with Crippen molar-refractivity contribution >= 4 is 5.69 Å². The average molecular weight is 389 g/mol. The zero-order chi connectivity index (χ0) is 20.1. The Balaban J connectivity index is 1.27. The molecule has 2 fully saturated rings. The van der Waals surface area contributed by atoms with Gasteiger partial charge in [0, 0.05) is 41.5 Å². The first-order valence-corrected chi connectivity index (χ1v) is 9.81. The number of ether oxygens (including phenoxy) is 1. The predicted octanol–water partition coefficient (Wildman–Crippen LogP) is 2.60. The van der Waals surface area contributed by atoms with Gasteiger partial charge in [0.05, 0.1) is 18.8 Å². The second-order valence-corrected chi connectivity index (χ2v) is 8.17. The van der Waals surface area contributed by atoms with Crippen molar-refractivity contribution < 1.29 is 4.74 Å². The van der Waals surface area contributed by atoms with E-state index in [-0.39, 0.29) is 16.4 Å². The van der Waals surface area contributed by atoms with E-state index >= 15 is 0 Å². The van der Waals surface area contributed by atoms with E-state index in [0.29, 0.717) is 24.7 Å². The largest absolute Gasteiger partial charge is 0.476 e. The van der Waals surface area contributed by atoms with Gasteiger partial charge < -0.3 is 10.1 Å². The molecule has 2 aliphatic carbocycles. The number of aryl methyl sites for hydroxylation is 2. The van der Waals surface area contributed by atoms with E-state index in [4.69, 9.17) is 9.72 Å². The topological polar surface area (TPSA) is 81.9 Å². The SMILES string of the molecule is Cc1cccc(C23CC2(COc2cc(NCc4ccccn4)c(=O)n(C)n2)C3)n1. The first kappa shape index (κ1) is 17.8. The molecular formula is C22H23N5O2. The molecule has 3 aromatic heterocycles. The minimum atomic E-state index is -0.192. The highest BCUT2D eigenvalue weighted by atomic mass is 16.5. The maximum absolute atomic E-state index is 12.4. The van der Waals surface area contributed by atoms with Gasteiger partial charge in [0.1, 0.15) is 5.69 Å². The Hall–Kier alpha value is -3.22. The third-order valence-corrected chi connectivity index (χ3v) is 6.15. The van der Waals surface area contributed by atoms with Crippen molar-refractivity contribution in [3.05, 3.63) is 76.1 Å². The summed E-state index contributed by atoms with van der Waals surface area (Å²) in [5.41, 5.74) is 3.70. The summed E-state index contributed by atoms with van der Waals surface area (Å²) in [6.07, 6.45) is 3.94. The molecule has 5 rings (SSSR count). The van der Waals surface area contributed by atoms with E-state index in [1.54, 1.807) is 19.3 Å². The Morgan fingerprint density at radius 3 is 2.83 bits per heavy atom. The maximum Gasteiger partial charge on any atom is 0.290 e. The lowest BCUT2D eigenvalue weighted by atomic mass is 10.1. The molecule has 0 aliphatic heterocycles. The van der Waals surface area contributed by atoms with Crippen molar-refractivity contribution in [3.8, 4) is 5.88 Å². The molecule has 3 aromatic rings. The van der Waals surface area contributed by atoms with Gasteiger partial charge in [0.25, 0.3) is 5.56 Å². The fraction of sp³-hybridized carbons (Fsp3) is 0.364. The number of pyridine rings is 2. The predicted molar refractivity (Wildman–Crippen MR) is 109 cm³/mol. The summed E-state index contributed by atoms with van der Waals surface area (Å²) in [7, 11) is 1.63. The molecule has 0 bridgehead atoms. The van der Waals surface area contributed by atoms with Crippen LogP contribution in [-0.2, 0) is 19.0 Å². The average Bonchev–Trinajstić information content (AvgIpc) is 3.56. The van der Waals surface area contributed by atoms with Gasteiger partial charge >= 0.3 is 0 Å². The summed E-state index contributed by atoms with van der Waals surface area (Å²) in [6, 6.07) is 13.6. The van der Waals surface area contributed by atoms with E-state index in [2.05, 4.69) is 27.5 Å². The van der Waals surface area contributed by atoms with Crippen LogP contribution < -0.4 is 15.6 Å². The summed E-state index contributed by atoms with van der Waals surface area (Å²) in [5.74, 6) is 0.454. The number of rotatable bonds is 7. The highest BCUT2D eigenvalue weighted by molar-refractivity contribution is 5.48. The molecular weight excluding hydrogens is 366 g/mol. The van der Waals surface area contributed by atoms with Crippen molar-refractivity contribution in [1.82, 2.24) is 19.7 Å². The molecule has 0 saturated heterocycles. The molecule has 2 saturated carbocycles. The standard InChI is InChI=1S/C22H23N5O2/c1-15-6-5-8-18(25-15)22-12-21(22,13-22)14-29-19-10-17(20(28)27(2)26-19)24-11-16-7-3-4-9-23-16/h3-10,24H,11-14H2,1-2H3. The maximum atomic E-state index is 12.4. The molecule has 148 valence electrons. The summed E-state index contributed by atoms with van der Waals surface area (Å²) in [6.45, 7) is 3.08. The van der Waals surface area contributed by atoms with Crippen LogP contribution in [0.1, 0.15) is 29.9 Å². The lowest BCUT2D eigenvalue weighted by Gasteiger charge is -2.11. The summed E-state index contributed by atoms with van der Waals surface area (Å²) < 4.78 is 7.33. The zero-order valence-electron chi connectivity index (χ0n) is 16.6. The molecule has 0 aromatic carbocycles. The fourth-order valence-electron chi connectivity index (χ4n) is 4.20. The molecule has 3 heterocycles. The number of nitrogens with one attached hydrogen (secondary N) is 1. The summed E-state index contributed by atoms with van der Waals surface area (Å²) >= 11 is 0. The summed E-state index contributed by atoms with van der Waals surface area (Å²) in [4.78, 5) is 21.4. The number of hydrogen-bond donors (Lipinski definition) is 1. The van der Waals surface area contributed by atoms with Gasteiger partial charge in [-0.05, 0) is 44.0 Å². The molecule has 0 atom stereocenters. The minimum Gasteiger partial charge on any atom is -0.476 e. The normalized spacial score (nSPS) is 23.9. The number of aromatic nitrogens is 4. The molecule has 7 heteroatoms. The van der Waals surface area contributed by atoms with E-state index in [1.165, 1.54) is 10.4 Å². The molecule has 1 N–H and O–H groups in total. The Morgan fingerprint density at radius 2 is 2.07 bits per heavy atom. The molecule has 0 spiro atoms. The van der Waals surface area contributed by atoms with Gasteiger partial charge in [-0.25, -0.2) is 4.68 Å². The van der Waals surface area contributed by atoms with Crippen molar-refractivity contribution in [2.24, 2.45) is 12.5 Å². The highest BCUT2D eigenvalue weighted by Gasteiger charge is 2.84. The number of hydrogen-bond acceptors (Lipinski definition) is 6. The van der Waals surface area contributed by atoms with Crippen molar-refractivity contribution in [3.63, 3.8) is 0 Å². The quantitative estimate of drug-likeness (QED) is 0.669. The molecule has 0 radical (unpaired) electrons. The lowest BCUT2D eigenvalue weighted by molar-refractivity contribution is 0.254. The van der Waals surface area contributed by atoms with Crippen LogP contribution in [0.4, 0.5) is 5.69 Å².